The Morgan fingerprint density at radius 1 is 1.44 bits per heavy atom. The lowest BCUT2D eigenvalue weighted by atomic mass is 10.1. The van der Waals surface area contributed by atoms with Gasteiger partial charge in [-0.1, -0.05) is 19.6 Å². The van der Waals surface area contributed by atoms with E-state index in [9.17, 15) is 4.39 Å². The monoisotopic (exact) mass is 280 g/mol. The third kappa shape index (κ3) is 4.28. The van der Waals surface area contributed by atoms with Gasteiger partial charge in [0.2, 0.25) is 0 Å². The second-order valence-corrected chi connectivity index (χ2v) is 11.4. The van der Waals surface area contributed by atoms with Gasteiger partial charge in [-0.15, -0.1) is 11.8 Å². The lowest BCUT2D eigenvalue weighted by Crippen LogP contribution is -2.25. The zero-order valence-corrected chi connectivity index (χ0v) is 12.9. The average Bonchev–Trinajstić information content (AvgIpc) is 2.30. The van der Waals surface area contributed by atoms with Crippen molar-refractivity contribution in [1.82, 2.24) is 0 Å². The molecule has 0 aromatic heterocycles. The van der Waals surface area contributed by atoms with Crippen LogP contribution in [0.4, 0.5) is 4.39 Å². The van der Waals surface area contributed by atoms with Crippen LogP contribution in [0.25, 0.3) is 0 Å². The molecular formula is C13H17FN2SSi. The first-order valence-corrected chi connectivity index (χ1v) is 10.6. The number of hydrogen-bond acceptors (Lipinski definition) is 3. The van der Waals surface area contributed by atoms with Crippen LogP contribution in [-0.4, -0.2) is 25.5 Å². The minimum Gasteiger partial charge on any atom is -0.281 e. The van der Waals surface area contributed by atoms with E-state index in [4.69, 9.17) is 5.26 Å². The van der Waals surface area contributed by atoms with Gasteiger partial charge in [-0.2, -0.15) is 5.26 Å². The van der Waals surface area contributed by atoms with Gasteiger partial charge in [0.25, 0.3) is 0 Å². The molecule has 0 fully saturated rings. The van der Waals surface area contributed by atoms with E-state index >= 15 is 0 Å². The third-order valence-electron chi connectivity index (χ3n) is 2.22. The Labute approximate surface area is 113 Å². The highest BCUT2D eigenvalue weighted by Crippen LogP contribution is 2.16. The van der Waals surface area contributed by atoms with Crippen LogP contribution in [0, 0.1) is 17.1 Å². The number of aliphatic imine (C=N–C) groups is 1. The topological polar surface area (TPSA) is 36.1 Å². The standard InChI is InChI=1S/C13H17FN2SSi/c1-17-13(16-9-18(2,3)4)10-5-6-12(14)11(7-10)8-15/h5-7H,9H2,1-4H3/b16-13-. The van der Waals surface area contributed by atoms with Crippen molar-refractivity contribution in [3.63, 3.8) is 0 Å². The molecule has 1 rings (SSSR count). The Kier molecular flexibility index (Phi) is 5.11. The van der Waals surface area contributed by atoms with E-state index in [1.807, 2.05) is 12.3 Å². The van der Waals surface area contributed by atoms with Crippen LogP contribution < -0.4 is 0 Å². The van der Waals surface area contributed by atoms with Gasteiger partial charge in [-0.05, 0) is 24.5 Å². The van der Waals surface area contributed by atoms with E-state index < -0.39 is 13.9 Å². The zero-order chi connectivity index (χ0) is 13.8. The quantitative estimate of drug-likeness (QED) is 0.481. The fraction of sp³-hybridized carbons (Fsp3) is 0.385. The van der Waals surface area contributed by atoms with Crippen LogP contribution in [0.1, 0.15) is 11.1 Å². The molecule has 0 saturated heterocycles. The van der Waals surface area contributed by atoms with Gasteiger partial charge >= 0.3 is 0 Å². The first-order chi connectivity index (χ1) is 8.37. The fourth-order valence-electron chi connectivity index (χ4n) is 1.33. The van der Waals surface area contributed by atoms with E-state index in [-0.39, 0.29) is 5.56 Å². The van der Waals surface area contributed by atoms with E-state index in [0.717, 1.165) is 16.8 Å². The molecule has 0 aliphatic heterocycles. The Bertz CT molecular complexity index is 501. The highest BCUT2D eigenvalue weighted by molar-refractivity contribution is 8.13. The molecule has 0 aliphatic rings. The van der Waals surface area contributed by atoms with Crippen LogP contribution in [0.3, 0.4) is 0 Å². The van der Waals surface area contributed by atoms with Crippen LogP contribution in [0.5, 0.6) is 0 Å². The maximum atomic E-state index is 13.3. The van der Waals surface area contributed by atoms with Crippen molar-refractivity contribution in [1.29, 1.82) is 5.26 Å². The SMILES string of the molecule is CS/C(=N\C[Si](C)(C)C)c1ccc(F)c(C#N)c1. The van der Waals surface area contributed by atoms with E-state index in [1.165, 1.54) is 17.8 Å². The van der Waals surface area contributed by atoms with E-state index in [2.05, 4.69) is 24.6 Å². The molecule has 2 nitrogen and oxygen atoms in total. The highest BCUT2D eigenvalue weighted by Gasteiger charge is 2.13. The Morgan fingerprint density at radius 2 is 2.11 bits per heavy atom. The second-order valence-electron chi connectivity index (χ2n) is 5.19. The molecule has 0 radical (unpaired) electrons. The molecule has 0 heterocycles. The van der Waals surface area contributed by atoms with Crippen LogP contribution in [-0.2, 0) is 0 Å². The number of nitrogens with zero attached hydrogens (tertiary/aromatic N) is 2. The summed E-state index contributed by atoms with van der Waals surface area (Å²) in [5, 5.41) is 9.70. The summed E-state index contributed by atoms with van der Waals surface area (Å²) in [6, 6.07) is 6.42. The predicted molar refractivity (Wildman–Crippen MR) is 79.4 cm³/mol. The van der Waals surface area contributed by atoms with Gasteiger partial charge < -0.3 is 0 Å². The molecule has 1 aromatic rings. The summed E-state index contributed by atoms with van der Waals surface area (Å²) in [5.74, 6) is -0.480. The molecule has 0 amide bonds. The van der Waals surface area contributed by atoms with E-state index in [1.54, 1.807) is 12.1 Å². The maximum absolute atomic E-state index is 13.3. The molecular weight excluding hydrogens is 263 g/mol. The van der Waals surface area contributed by atoms with E-state index in [0.29, 0.717) is 0 Å². The number of thioether (sulfide) groups is 1. The molecule has 0 aliphatic carbocycles. The molecule has 0 bridgehead atoms. The first kappa shape index (κ1) is 14.9. The molecule has 0 N–H and O–H groups in total. The van der Waals surface area contributed by atoms with Crippen molar-refractivity contribution >= 4 is 24.9 Å². The Morgan fingerprint density at radius 3 is 2.61 bits per heavy atom. The van der Waals surface area contributed by atoms with Gasteiger partial charge in [-0.25, -0.2) is 4.39 Å². The molecule has 5 heteroatoms. The predicted octanol–water partition coefficient (Wildman–Crippen LogP) is 3.68. The summed E-state index contributed by atoms with van der Waals surface area (Å²) < 4.78 is 13.3. The molecule has 0 atom stereocenters. The molecule has 0 unspecified atom stereocenters. The van der Waals surface area contributed by atoms with Crippen molar-refractivity contribution in [2.75, 3.05) is 12.4 Å². The number of benzene rings is 1. The molecule has 0 spiro atoms. The van der Waals surface area contributed by atoms with Crippen molar-refractivity contribution in [2.45, 2.75) is 19.6 Å². The number of nitriles is 1. The van der Waals surface area contributed by atoms with Gasteiger partial charge in [0.1, 0.15) is 11.9 Å². The van der Waals surface area contributed by atoms with Gasteiger partial charge in [0, 0.05) is 11.7 Å². The summed E-state index contributed by atoms with van der Waals surface area (Å²) in [4.78, 5) is 4.60. The van der Waals surface area contributed by atoms with Crippen molar-refractivity contribution in [2.24, 2.45) is 4.99 Å². The van der Waals surface area contributed by atoms with Gasteiger partial charge in [-0.3, -0.25) is 4.99 Å². The summed E-state index contributed by atoms with van der Waals surface area (Å²) in [7, 11) is -1.24. The largest absolute Gasteiger partial charge is 0.281 e. The van der Waals surface area contributed by atoms with Crippen LogP contribution in [0.2, 0.25) is 19.6 Å². The third-order valence-corrected chi connectivity index (χ3v) is 4.08. The summed E-state index contributed by atoms with van der Waals surface area (Å²) in [6.07, 6.45) is 2.78. The minimum absolute atomic E-state index is 0.0715. The molecule has 96 valence electrons. The smallest absolute Gasteiger partial charge is 0.140 e. The molecule has 0 saturated carbocycles. The Hall–Kier alpha value is -1.12. The van der Waals surface area contributed by atoms with Gasteiger partial charge in [0.15, 0.2) is 0 Å². The number of hydrogen-bond donors (Lipinski definition) is 0. The maximum Gasteiger partial charge on any atom is 0.140 e. The number of rotatable bonds is 3. The lowest BCUT2D eigenvalue weighted by Gasteiger charge is -2.13. The Balaban J connectivity index is 3.07. The highest BCUT2D eigenvalue weighted by atomic mass is 32.2. The molecule has 18 heavy (non-hydrogen) atoms. The zero-order valence-electron chi connectivity index (χ0n) is 11.1. The van der Waals surface area contributed by atoms with Crippen LogP contribution >= 0.6 is 11.8 Å². The summed E-state index contributed by atoms with van der Waals surface area (Å²) in [6.45, 7) is 6.75. The van der Waals surface area contributed by atoms with Crippen molar-refractivity contribution in [3.05, 3.63) is 35.1 Å². The number of halogens is 1. The van der Waals surface area contributed by atoms with Crippen molar-refractivity contribution in [3.8, 4) is 6.07 Å². The fourth-order valence-corrected chi connectivity index (χ4v) is 2.63. The lowest BCUT2D eigenvalue weighted by molar-refractivity contribution is 0.624. The minimum atomic E-state index is -1.24. The summed E-state index contributed by atoms with van der Waals surface area (Å²) >= 11 is 1.53. The van der Waals surface area contributed by atoms with Crippen molar-refractivity contribution < 1.29 is 4.39 Å². The normalized spacial score (nSPS) is 12.3. The average molecular weight is 280 g/mol. The van der Waals surface area contributed by atoms with Gasteiger partial charge in [0.05, 0.1) is 18.7 Å². The summed E-state index contributed by atoms with van der Waals surface area (Å²) in [5.41, 5.74) is 0.890. The van der Waals surface area contributed by atoms with Crippen LogP contribution in [0.15, 0.2) is 23.2 Å². The molecule has 1 aromatic carbocycles. The first-order valence-electron chi connectivity index (χ1n) is 5.66. The second kappa shape index (κ2) is 6.16.